The van der Waals surface area contributed by atoms with E-state index in [0.717, 1.165) is 17.1 Å². The van der Waals surface area contributed by atoms with Gasteiger partial charge in [0.1, 0.15) is 0 Å². The van der Waals surface area contributed by atoms with Gasteiger partial charge in [-0.25, -0.2) is 0 Å². The van der Waals surface area contributed by atoms with Crippen LogP contribution in [0.25, 0.3) is 0 Å². The minimum atomic E-state index is 1.09. The molecule has 0 aliphatic rings. The number of nitrogens with one attached hydrogen (secondary N) is 3. The molecule has 3 nitrogen and oxygen atoms in total. The summed E-state index contributed by atoms with van der Waals surface area (Å²) in [6.45, 7) is 0. The molecule has 0 aliphatic carbocycles. The number of halogens is 1. The normalized spacial score (nSPS) is 9.25. The first-order valence-corrected chi connectivity index (χ1v) is 4.75. The second kappa shape index (κ2) is 4.39. The van der Waals surface area contributed by atoms with Crippen LogP contribution in [0, 0.1) is 0 Å². The molecule has 0 atom stereocenters. The van der Waals surface area contributed by atoms with Gasteiger partial charge in [-0.2, -0.15) is 0 Å². The van der Waals surface area contributed by atoms with Gasteiger partial charge in [0.05, 0.1) is 22.9 Å². The number of hydrogen-bond donors (Lipinski definition) is 3. The van der Waals surface area contributed by atoms with Crippen LogP contribution in [0.15, 0.2) is 18.2 Å². The van der Waals surface area contributed by atoms with Gasteiger partial charge in [0.15, 0.2) is 0 Å². The topological polar surface area (TPSA) is 36.1 Å². The van der Waals surface area contributed by atoms with Crippen molar-refractivity contribution in [3.63, 3.8) is 0 Å². The third-order valence-corrected chi connectivity index (χ3v) is 2.24. The predicted octanol–water partition coefficient (Wildman–Crippen LogP) is 2.53. The fraction of sp³-hybridized carbons (Fsp3) is 0.250. The summed E-state index contributed by atoms with van der Waals surface area (Å²) in [6.07, 6.45) is 0. The molecule has 0 saturated carbocycles. The number of anilines is 3. The van der Waals surface area contributed by atoms with Crippen molar-refractivity contribution in [3.05, 3.63) is 18.2 Å². The Morgan fingerprint density at radius 1 is 0.917 bits per heavy atom. The van der Waals surface area contributed by atoms with Crippen molar-refractivity contribution in [2.24, 2.45) is 0 Å². The van der Waals surface area contributed by atoms with Crippen LogP contribution in [0.3, 0.4) is 0 Å². The molecule has 1 rings (SSSR count). The van der Waals surface area contributed by atoms with E-state index >= 15 is 0 Å². The molecule has 0 unspecified atom stereocenters. The summed E-state index contributed by atoms with van der Waals surface area (Å²) in [6, 6.07) is 6.15. The van der Waals surface area contributed by atoms with Crippen LogP contribution < -0.4 is 14.2 Å². The second-order valence-electron chi connectivity index (χ2n) is 2.39. The van der Waals surface area contributed by atoms with E-state index in [1.165, 1.54) is 0 Å². The van der Waals surface area contributed by atoms with Crippen molar-refractivity contribution < 1.29 is 0 Å². The maximum atomic E-state index is 3.09. The summed E-state index contributed by atoms with van der Waals surface area (Å²) >= 11 is 2.11. The minimum Gasteiger partial charge on any atom is -0.388 e. The van der Waals surface area contributed by atoms with Crippen molar-refractivity contribution in [1.29, 1.82) is 0 Å². The molecule has 1 aromatic carbocycles. The van der Waals surface area contributed by atoms with Gasteiger partial charge in [0.2, 0.25) is 0 Å². The zero-order chi connectivity index (χ0) is 8.97. The first-order valence-electron chi connectivity index (χ1n) is 3.67. The SMILES string of the molecule is CNc1cc(NC)cc(NI)c1. The van der Waals surface area contributed by atoms with E-state index in [2.05, 4.69) is 43.1 Å². The van der Waals surface area contributed by atoms with Gasteiger partial charge in [0.25, 0.3) is 0 Å². The molecule has 0 spiro atoms. The molecule has 1 aromatic rings. The largest absolute Gasteiger partial charge is 0.388 e. The van der Waals surface area contributed by atoms with Gasteiger partial charge in [-0.15, -0.1) is 0 Å². The lowest BCUT2D eigenvalue weighted by atomic mass is 10.2. The molecule has 0 heterocycles. The summed E-state index contributed by atoms with van der Waals surface area (Å²) in [4.78, 5) is 0. The Morgan fingerprint density at radius 3 is 1.67 bits per heavy atom. The molecule has 0 bridgehead atoms. The fourth-order valence-electron chi connectivity index (χ4n) is 0.971. The fourth-order valence-corrected chi connectivity index (χ4v) is 1.28. The lowest BCUT2D eigenvalue weighted by molar-refractivity contribution is 1.47. The average molecular weight is 277 g/mol. The molecule has 12 heavy (non-hydrogen) atoms. The maximum absolute atomic E-state index is 3.09. The van der Waals surface area contributed by atoms with E-state index in [1.807, 2.05) is 26.2 Å². The highest BCUT2D eigenvalue weighted by Gasteiger charge is 1.96. The third-order valence-electron chi connectivity index (χ3n) is 1.62. The van der Waals surface area contributed by atoms with Crippen LogP contribution in [-0.4, -0.2) is 14.1 Å². The quantitative estimate of drug-likeness (QED) is 0.587. The molecule has 0 amide bonds. The van der Waals surface area contributed by atoms with Gasteiger partial charge in [-0.05, 0) is 18.2 Å². The van der Waals surface area contributed by atoms with E-state index in [9.17, 15) is 0 Å². The maximum Gasteiger partial charge on any atom is 0.0560 e. The van der Waals surface area contributed by atoms with Crippen molar-refractivity contribution in [3.8, 4) is 0 Å². The molecule has 0 saturated heterocycles. The Kier molecular flexibility index (Phi) is 3.46. The number of benzene rings is 1. The van der Waals surface area contributed by atoms with Crippen molar-refractivity contribution in [1.82, 2.24) is 0 Å². The standard InChI is InChI=1S/C8H12IN3/c1-10-6-3-7(11-2)5-8(4-6)12-9/h3-5,10-12H,1-2H3. The summed E-state index contributed by atoms with van der Waals surface area (Å²) in [7, 11) is 3.82. The van der Waals surface area contributed by atoms with E-state index in [-0.39, 0.29) is 0 Å². The molecular formula is C8H12IN3. The molecule has 0 fully saturated rings. The zero-order valence-corrected chi connectivity index (χ0v) is 9.27. The van der Waals surface area contributed by atoms with Gasteiger partial charge < -0.3 is 14.2 Å². The number of rotatable bonds is 3. The van der Waals surface area contributed by atoms with Crippen LogP contribution in [0.4, 0.5) is 17.1 Å². The molecule has 4 heteroatoms. The van der Waals surface area contributed by atoms with E-state index in [0.29, 0.717) is 0 Å². The molecule has 0 aliphatic heterocycles. The summed E-state index contributed by atoms with van der Waals surface area (Å²) in [5.41, 5.74) is 3.29. The Bertz CT molecular complexity index is 207. The monoisotopic (exact) mass is 277 g/mol. The van der Waals surface area contributed by atoms with Crippen molar-refractivity contribution in [2.45, 2.75) is 0 Å². The average Bonchev–Trinajstić information content (AvgIpc) is 2.16. The minimum absolute atomic E-state index is 1.09. The lowest BCUT2D eigenvalue weighted by Gasteiger charge is -2.07. The lowest BCUT2D eigenvalue weighted by Crippen LogP contribution is -1.93. The van der Waals surface area contributed by atoms with Crippen molar-refractivity contribution in [2.75, 3.05) is 28.3 Å². The van der Waals surface area contributed by atoms with E-state index in [4.69, 9.17) is 0 Å². The first kappa shape index (κ1) is 9.44. The molecular weight excluding hydrogens is 265 g/mol. The first-order chi connectivity index (χ1) is 5.80. The highest BCUT2D eigenvalue weighted by molar-refractivity contribution is 14.1. The highest BCUT2D eigenvalue weighted by Crippen LogP contribution is 2.22. The van der Waals surface area contributed by atoms with Gasteiger partial charge >= 0.3 is 0 Å². The van der Waals surface area contributed by atoms with Crippen LogP contribution in [0.1, 0.15) is 0 Å². The Hall–Kier alpha value is -0.650. The third kappa shape index (κ3) is 2.17. The van der Waals surface area contributed by atoms with E-state index < -0.39 is 0 Å². The highest BCUT2D eigenvalue weighted by atomic mass is 127. The van der Waals surface area contributed by atoms with Gasteiger partial charge in [-0.3, -0.25) is 0 Å². The molecule has 66 valence electrons. The van der Waals surface area contributed by atoms with Crippen LogP contribution in [0.5, 0.6) is 0 Å². The predicted molar refractivity (Wildman–Crippen MR) is 63.2 cm³/mol. The van der Waals surface area contributed by atoms with Crippen LogP contribution in [-0.2, 0) is 0 Å². The van der Waals surface area contributed by atoms with Gasteiger partial charge in [-0.1, -0.05) is 0 Å². The smallest absolute Gasteiger partial charge is 0.0560 e. The summed E-state index contributed by atoms with van der Waals surface area (Å²) in [5.74, 6) is 0. The molecule has 0 radical (unpaired) electrons. The number of hydrogen-bond acceptors (Lipinski definition) is 3. The summed E-state index contributed by atoms with van der Waals surface area (Å²) < 4.78 is 3.07. The summed E-state index contributed by atoms with van der Waals surface area (Å²) in [5, 5.41) is 6.19. The van der Waals surface area contributed by atoms with Crippen LogP contribution in [0.2, 0.25) is 0 Å². The molecule has 3 N–H and O–H groups in total. The van der Waals surface area contributed by atoms with E-state index in [1.54, 1.807) is 0 Å². The Morgan fingerprint density at radius 2 is 1.33 bits per heavy atom. The molecule has 0 aromatic heterocycles. The Balaban J connectivity index is 3.01. The Labute approximate surface area is 86.4 Å². The zero-order valence-electron chi connectivity index (χ0n) is 7.11. The second-order valence-corrected chi connectivity index (χ2v) is 2.93. The van der Waals surface area contributed by atoms with Crippen LogP contribution >= 0.6 is 22.9 Å². The van der Waals surface area contributed by atoms with Crippen molar-refractivity contribution >= 4 is 39.9 Å². The van der Waals surface area contributed by atoms with Gasteiger partial charge in [0, 0.05) is 31.2 Å².